The van der Waals surface area contributed by atoms with E-state index in [4.69, 9.17) is 0 Å². The quantitative estimate of drug-likeness (QED) is 0.731. The fourth-order valence-corrected chi connectivity index (χ4v) is 3.38. The predicted octanol–water partition coefficient (Wildman–Crippen LogP) is 3.62. The van der Waals surface area contributed by atoms with Crippen molar-refractivity contribution in [2.24, 2.45) is 0 Å². The van der Waals surface area contributed by atoms with Crippen molar-refractivity contribution in [3.05, 3.63) is 66.3 Å². The Hall–Kier alpha value is -3.49. The summed E-state index contributed by atoms with van der Waals surface area (Å²) in [4.78, 5) is 22.5. The molecule has 0 saturated carbocycles. The topological polar surface area (TPSA) is 83.9 Å². The van der Waals surface area contributed by atoms with Gasteiger partial charge >= 0.3 is 6.03 Å². The molecule has 1 fully saturated rings. The minimum absolute atomic E-state index is 0.105. The smallest absolute Gasteiger partial charge is 0.323 e. The van der Waals surface area contributed by atoms with E-state index >= 15 is 0 Å². The number of halogens is 2. The van der Waals surface area contributed by atoms with Gasteiger partial charge in [-0.2, -0.15) is 5.10 Å². The van der Waals surface area contributed by atoms with Crippen LogP contribution in [0, 0.1) is 11.6 Å². The Morgan fingerprint density at radius 2 is 1.93 bits per heavy atom. The number of amides is 2. The van der Waals surface area contributed by atoms with Gasteiger partial charge in [-0.25, -0.2) is 23.5 Å². The van der Waals surface area contributed by atoms with E-state index in [1.807, 2.05) is 0 Å². The highest BCUT2D eigenvalue weighted by molar-refractivity contribution is 5.88. The van der Waals surface area contributed by atoms with E-state index in [2.05, 4.69) is 25.5 Å². The molecule has 0 bridgehead atoms. The Labute approximate surface area is 165 Å². The van der Waals surface area contributed by atoms with Gasteiger partial charge in [0.25, 0.3) is 0 Å². The number of rotatable bonds is 3. The van der Waals surface area contributed by atoms with Crippen molar-refractivity contribution in [2.45, 2.75) is 18.8 Å². The van der Waals surface area contributed by atoms with Crippen molar-refractivity contribution >= 4 is 11.8 Å². The van der Waals surface area contributed by atoms with E-state index in [-0.39, 0.29) is 17.5 Å². The second-order valence-electron chi connectivity index (χ2n) is 6.73. The Kier molecular flexibility index (Phi) is 5.37. The number of aromatic nitrogens is 4. The zero-order valence-electron chi connectivity index (χ0n) is 15.4. The highest BCUT2D eigenvalue weighted by atomic mass is 19.2. The fraction of sp³-hybridized carbons (Fsp3) is 0.250. The third kappa shape index (κ3) is 4.18. The largest absolute Gasteiger partial charge is 0.324 e. The number of carbonyl (C=O) groups is 1. The van der Waals surface area contributed by atoms with E-state index in [0.29, 0.717) is 37.4 Å². The molecule has 1 aliphatic rings. The van der Waals surface area contributed by atoms with Gasteiger partial charge in [0.2, 0.25) is 0 Å². The van der Waals surface area contributed by atoms with Crippen LogP contribution in [-0.4, -0.2) is 44.2 Å². The monoisotopic (exact) mass is 396 g/mol. The molecular weight excluding hydrogens is 378 g/mol. The minimum Gasteiger partial charge on any atom is -0.324 e. The van der Waals surface area contributed by atoms with Gasteiger partial charge in [-0.05, 0) is 43.2 Å². The van der Waals surface area contributed by atoms with Crippen molar-refractivity contribution in [3.63, 3.8) is 0 Å². The average Bonchev–Trinajstić information content (AvgIpc) is 2.76. The van der Waals surface area contributed by atoms with Crippen molar-refractivity contribution in [3.8, 4) is 11.3 Å². The van der Waals surface area contributed by atoms with Gasteiger partial charge in [0, 0.05) is 36.5 Å². The number of piperidine rings is 1. The molecule has 0 spiro atoms. The number of benzene rings is 1. The lowest BCUT2D eigenvalue weighted by Gasteiger charge is -2.31. The predicted molar refractivity (Wildman–Crippen MR) is 102 cm³/mol. The Bertz CT molecular complexity index is 1010. The molecule has 0 aliphatic carbocycles. The maximum Gasteiger partial charge on any atom is 0.323 e. The molecule has 0 unspecified atom stereocenters. The lowest BCUT2D eigenvalue weighted by Crippen LogP contribution is -2.40. The van der Waals surface area contributed by atoms with Gasteiger partial charge in [-0.3, -0.25) is 5.32 Å². The van der Waals surface area contributed by atoms with Crippen LogP contribution >= 0.6 is 0 Å². The molecule has 1 N–H and O–H groups in total. The van der Waals surface area contributed by atoms with Crippen molar-refractivity contribution in [2.75, 3.05) is 18.4 Å². The molecule has 148 valence electrons. The first-order valence-electron chi connectivity index (χ1n) is 9.22. The third-order valence-electron chi connectivity index (χ3n) is 4.92. The number of carbonyl (C=O) groups excluding carboxylic acids is 1. The zero-order valence-corrected chi connectivity index (χ0v) is 15.4. The van der Waals surface area contributed by atoms with Crippen LogP contribution in [0.15, 0.2) is 48.9 Å². The number of urea groups is 1. The lowest BCUT2D eigenvalue weighted by molar-refractivity contribution is 0.194. The Morgan fingerprint density at radius 1 is 1.10 bits per heavy atom. The van der Waals surface area contributed by atoms with Crippen LogP contribution in [0.3, 0.4) is 0 Å². The zero-order chi connectivity index (χ0) is 20.2. The molecule has 1 aromatic carbocycles. The number of anilines is 1. The molecule has 0 radical (unpaired) electrons. The number of hydrogen-bond acceptors (Lipinski definition) is 5. The average molecular weight is 396 g/mol. The summed E-state index contributed by atoms with van der Waals surface area (Å²) >= 11 is 0. The maximum absolute atomic E-state index is 14.1. The lowest BCUT2D eigenvalue weighted by atomic mass is 9.92. The number of nitrogens with zero attached hydrogens (tertiary/aromatic N) is 5. The van der Waals surface area contributed by atoms with Crippen LogP contribution in [-0.2, 0) is 0 Å². The molecular formula is C20H18F2N6O. The van der Waals surface area contributed by atoms with E-state index in [1.165, 1.54) is 24.7 Å². The molecule has 2 amide bonds. The summed E-state index contributed by atoms with van der Waals surface area (Å²) in [7, 11) is 0. The highest BCUT2D eigenvalue weighted by Gasteiger charge is 2.25. The van der Waals surface area contributed by atoms with Gasteiger partial charge < -0.3 is 4.90 Å². The Balaban J connectivity index is 1.42. The molecule has 3 aromatic rings. The molecule has 29 heavy (non-hydrogen) atoms. The van der Waals surface area contributed by atoms with Crippen molar-refractivity contribution < 1.29 is 13.6 Å². The summed E-state index contributed by atoms with van der Waals surface area (Å²) in [5.74, 6) is -1.33. The minimum atomic E-state index is -0.923. The summed E-state index contributed by atoms with van der Waals surface area (Å²) in [6.07, 6.45) is 4.31. The number of nitrogens with one attached hydrogen (secondary N) is 1. The highest BCUT2D eigenvalue weighted by Crippen LogP contribution is 2.30. The summed E-state index contributed by atoms with van der Waals surface area (Å²) in [5, 5.41) is 10.3. The summed E-state index contributed by atoms with van der Waals surface area (Å²) in [6, 6.07) is 8.84. The first kappa shape index (κ1) is 18.9. The molecule has 2 aromatic heterocycles. The van der Waals surface area contributed by atoms with E-state index in [1.54, 1.807) is 23.1 Å². The van der Waals surface area contributed by atoms with Crippen molar-refractivity contribution in [1.29, 1.82) is 0 Å². The first-order valence-corrected chi connectivity index (χ1v) is 9.22. The summed E-state index contributed by atoms with van der Waals surface area (Å²) in [5.41, 5.74) is 1.21. The van der Waals surface area contributed by atoms with E-state index < -0.39 is 11.6 Å². The fourth-order valence-electron chi connectivity index (χ4n) is 3.38. The van der Waals surface area contributed by atoms with E-state index in [0.717, 1.165) is 11.8 Å². The van der Waals surface area contributed by atoms with Crippen LogP contribution < -0.4 is 5.32 Å². The Morgan fingerprint density at radius 3 is 2.69 bits per heavy atom. The first-order chi connectivity index (χ1) is 14.1. The summed E-state index contributed by atoms with van der Waals surface area (Å²) in [6.45, 7) is 1.09. The van der Waals surface area contributed by atoms with Gasteiger partial charge in [-0.1, -0.05) is 6.07 Å². The van der Waals surface area contributed by atoms with Crippen LogP contribution in [0.25, 0.3) is 11.3 Å². The maximum atomic E-state index is 14.1. The van der Waals surface area contributed by atoms with Crippen LogP contribution in [0.5, 0.6) is 0 Å². The standard InChI is InChI=1S/C20H18F2N6O/c21-15-4-1-3-14(19(15)22)17-11-16(23-12-24-17)13-6-9-28(10-7-13)20(29)26-18-5-2-8-25-27-18/h1-5,8,11-13H,6-7,9-10H2,(H,26,27,29). The molecule has 4 rings (SSSR count). The normalized spacial score (nSPS) is 14.6. The molecule has 1 saturated heterocycles. The van der Waals surface area contributed by atoms with Gasteiger partial charge in [0.1, 0.15) is 6.33 Å². The van der Waals surface area contributed by atoms with Crippen LogP contribution in [0.2, 0.25) is 0 Å². The van der Waals surface area contributed by atoms with E-state index in [9.17, 15) is 13.6 Å². The molecule has 3 heterocycles. The van der Waals surface area contributed by atoms with Gasteiger partial charge in [0.15, 0.2) is 17.5 Å². The second-order valence-corrected chi connectivity index (χ2v) is 6.73. The molecule has 0 atom stereocenters. The van der Waals surface area contributed by atoms with Crippen LogP contribution in [0.4, 0.5) is 19.4 Å². The SMILES string of the molecule is O=C(Nc1cccnn1)N1CCC(c2cc(-c3cccc(F)c3F)ncn2)CC1. The van der Waals surface area contributed by atoms with Crippen molar-refractivity contribution in [1.82, 2.24) is 25.1 Å². The molecule has 1 aliphatic heterocycles. The molecule has 9 heteroatoms. The van der Waals surface area contributed by atoms with Gasteiger partial charge in [-0.15, -0.1) is 5.10 Å². The summed E-state index contributed by atoms with van der Waals surface area (Å²) < 4.78 is 27.6. The molecule has 7 nitrogen and oxygen atoms in total. The third-order valence-corrected chi connectivity index (χ3v) is 4.92. The van der Waals surface area contributed by atoms with Crippen LogP contribution in [0.1, 0.15) is 24.5 Å². The second kappa shape index (κ2) is 8.26. The number of likely N-dealkylation sites (tertiary alicyclic amines) is 1. The number of hydrogen-bond donors (Lipinski definition) is 1. The van der Waals surface area contributed by atoms with Gasteiger partial charge in [0.05, 0.1) is 5.69 Å².